The van der Waals surface area contributed by atoms with E-state index in [0.717, 1.165) is 35.6 Å². The van der Waals surface area contributed by atoms with E-state index in [0.29, 0.717) is 23.9 Å². The van der Waals surface area contributed by atoms with Crippen LogP contribution in [0, 0.1) is 6.92 Å². The van der Waals surface area contributed by atoms with E-state index in [2.05, 4.69) is 35.1 Å². The molecular formula is C21H25N3O3. The molecule has 2 N–H and O–H groups in total. The van der Waals surface area contributed by atoms with Crippen LogP contribution < -0.4 is 16.0 Å². The van der Waals surface area contributed by atoms with Gasteiger partial charge >= 0.3 is 5.76 Å². The van der Waals surface area contributed by atoms with Crippen molar-refractivity contribution >= 4 is 28.4 Å². The Balaban J connectivity index is 1.62. The van der Waals surface area contributed by atoms with Gasteiger partial charge < -0.3 is 14.6 Å². The number of hydrogen-bond acceptors (Lipinski definition) is 4. The lowest BCUT2D eigenvalue weighted by Gasteiger charge is -2.22. The fraction of sp³-hybridized carbons (Fsp3) is 0.333. The molecule has 3 aromatic rings. The molecule has 3 rings (SSSR count). The molecule has 1 amide bonds. The molecule has 0 aliphatic rings. The van der Waals surface area contributed by atoms with Gasteiger partial charge in [0, 0.05) is 30.9 Å². The predicted molar refractivity (Wildman–Crippen MR) is 109 cm³/mol. The van der Waals surface area contributed by atoms with Crippen LogP contribution >= 0.6 is 0 Å². The third-order valence-electron chi connectivity index (χ3n) is 4.74. The molecule has 0 fully saturated rings. The molecule has 1 heterocycles. The van der Waals surface area contributed by atoms with Crippen LogP contribution in [0.2, 0.25) is 0 Å². The van der Waals surface area contributed by atoms with E-state index < -0.39 is 5.76 Å². The van der Waals surface area contributed by atoms with E-state index in [9.17, 15) is 9.59 Å². The van der Waals surface area contributed by atoms with Crippen molar-refractivity contribution in [3.8, 4) is 0 Å². The number of benzene rings is 2. The van der Waals surface area contributed by atoms with Gasteiger partial charge in [-0.25, -0.2) is 4.79 Å². The quantitative estimate of drug-likeness (QED) is 0.665. The maximum Gasteiger partial charge on any atom is 0.417 e. The van der Waals surface area contributed by atoms with Gasteiger partial charge in [0.05, 0.1) is 5.52 Å². The van der Waals surface area contributed by atoms with E-state index >= 15 is 0 Å². The minimum atomic E-state index is -0.469. The topological polar surface area (TPSA) is 78.3 Å². The maximum absolute atomic E-state index is 12.3. The van der Waals surface area contributed by atoms with Gasteiger partial charge in [0.1, 0.15) is 0 Å². The first kappa shape index (κ1) is 18.8. The number of fused-ring (bicyclic) bond motifs is 1. The summed E-state index contributed by atoms with van der Waals surface area (Å²) in [4.78, 5) is 28.5. The van der Waals surface area contributed by atoms with Gasteiger partial charge in [0.15, 0.2) is 5.58 Å². The molecular weight excluding hydrogens is 342 g/mol. The van der Waals surface area contributed by atoms with Crippen LogP contribution in [0.3, 0.4) is 0 Å². The highest BCUT2D eigenvalue weighted by Crippen LogP contribution is 2.23. The Morgan fingerprint density at radius 3 is 2.63 bits per heavy atom. The number of carbonyl (C=O) groups excluding carboxylic acids is 1. The first-order chi connectivity index (χ1) is 13.0. The van der Waals surface area contributed by atoms with Crippen molar-refractivity contribution in [2.45, 2.75) is 33.6 Å². The molecule has 2 aromatic carbocycles. The second-order valence-electron chi connectivity index (χ2n) is 6.56. The third kappa shape index (κ3) is 4.39. The Bertz CT molecular complexity index is 999. The van der Waals surface area contributed by atoms with Crippen molar-refractivity contribution < 1.29 is 9.21 Å². The number of aromatic nitrogens is 1. The van der Waals surface area contributed by atoms with E-state index in [1.807, 2.05) is 31.2 Å². The van der Waals surface area contributed by atoms with Crippen molar-refractivity contribution in [1.29, 1.82) is 0 Å². The zero-order valence-corrected chi connectivity index (χ0v) is 16.0. The van der Waals surface area contributed by atoms with E-state index in [1.165, 1.54) is 0 Å². The van der Waals surface area contributed by atoms with Crippen LogP contribution in [-0.2, 0) is 11.2 Å². The summed E-state index contributed by atoms with van der Waals surface area (Å²) < 4.78 is 4.99. The highest BCUT2D eigenvalue weighted by Gasteiger charge is 2.09. The van der Waals surface area contributed by atoms with Crippen LogP contribution in [-0.4, -0.2) is 24.0 Å². The van der Waals surface area contributed by atoms with Gasteiger partial charge in [-0.1, -0.05) is 6.07 Å². The van der Waals surface area contributed by atoms with Crippen LogP contribution in [0.4, 0.5) is 11.4 Å². The van der Waals surface area contributed by atoms with Crippen LogP contribution in [0.25, 0.3) is 11.1 Å². The summed E-state index contributed by atoms with van der Waals surface area (Å²) in [5, 5.41) is 2.99. The van der Waals surface area contributed by atoms with Crippen LogP contribution in [0.5, 0.6) is 0 Å². The summed E-state index contributed by atoms with van der Waals surface area (Å²) in [6, 6.07) is 11.6. The standard InChI is InChI=1S/C21H25N3O3/c1-4-24(5-2)16-8-9-17(14(3)12-16)22-20(25)11-7-15-6-10-19-18(13-15)23-21(26)27-19/h6,8-10,12-13H,4-5,7,11H2,1-3H3,(H,22,25)(H,23,26). The molecule has 0 aliphatic carbocycles. The first-order valence-corrected chi connectivity index (χ1v) is 9.27. The number of aromatic amines is 1. The lowest BCUT2D eigenvalue weighted by molar-refractivity contribution is -0.116. The van der Waals surface area contributed by atoms with Crippen LogP contribution in [0.15, 0.2) is 45.6 Å². The van der Waals surface area contributed by atoms with Gasteiger partial charge in [-0.2, -0.15) is 0 Å². The fourth-order valence-corrected chi connectivity index (χ4v) is 3.20. The average molecular weight is 367 g/mol. The number of aryl methyl sites for hydroxylation is 2. The number of carbonyl (C=O) groups is 1. The van der Waals surface area contributed by atoms with E-state index in [4.69, 9.17) is 4.42 Å². The predicted octanol–water partition coefficient (Wildman–Crippen LogP) is 3.85. The Kier molecular flexibility index (Phi) is 5.64. The molecule has 27 heavy (non-hydrogen) atoms. The van der Waals surface area contributed by atoms with Crippen molar-refractivity contribution in [1.82, 2.24) is 4.98 Å². The van der Waals surface area contributed by atoms with Crippen molar-refractivity contribution in [2.24, 2.45) is 0 Å². The van der Waals surface area contributed by atoms with Gasteiger partial charge in [-0.05, 0) is 68.7 Å². The van der Waals surface area contributed by atoms with Crippen molar-refractivity contribution in [3.63, 3.8) is 0 Å². The molecule has 6 heteroatoms. The maximum atomic E-state index is 12.3. The zero-order valence-electron chi connectivity index (χ0n) is 16.0. The molecule has 0 saturated heterocycles. The molecule has 0 bridgehead atoms. The molecule has 0 radical (unpaired) electrons. The number of rotatable bonds is 7. The van der Waals surface area contributed by atoms with E-state index in [-0.39, 0.29) is 5.91 Å². The molecule has 0 aliphatic heterocycles. The van der Waals surface area contributed by atoms with Gasteiger partial charge in [-0.15, -0.1) is 0 Å². The fourth-order valence-electron chi connectivity index (χ4n) is 3.20. The normalized spacial score (nSPS) is 10.9. The molecule has 1 aromatic heterocycles. The summed E-state index contributed by atoms with van der Waals surface area (Å²) in [5.41, 5.74) is 5.20. The lowest BCUT2D eigenvalue weighted by atomic mass is 10.1. The monoisotopic (exact) mass is 367 g/mol. The largest absolute Gasteiger partial charge is 0.417 e. The van der Waals surface area contributed by atoms with Crippen molar-refractivity contribution in [3.05, 3.63) is 58.1 Å². The summed E-state index contributed by atoms with van der Waals surface area (Å²) >= 11 is 0. The zero-order chi connectivity index (χ0) is 19.4. The second-order valence-corrected chi connectivity index (χ2v) is 6.56. The Morgan fingerprint density at radius 1 is 1.15 bits per heavy atom. The highest BCUT2D eigenvalue weighted by atomic mass is 16.4. The number of amides is 1. The summed E-state index contributed by atoms with van der Waals surface area (Å²) in [6.45, 7) is 8.17. The number of oxazole rings is 1. The number of anilines is 2. The van der Waals surface area contributed by atoms with Crippen molar-refractivity contribution in [2.75, 3.05) is 23.3 Å². The summed E-state index contributed by atoms with van der Waals surface area (Å²) in [6.07, 6.45) is 0.955. The number of nitrogens with zero attached hydrogens (tertiary/aromatic N) is 1. The Labute approximate surface area is 158 Å². The third-order valence-corrected chi connectivity index (χ3v) is 4.74. The molecule has 0 saturated carbocycles. The highest BCUT2D eigenvalue weighted by molar-refractivity contribution is 5.92. The minimum Gasteiger partial charge on any atom is -0.408 e. The van der Waals surface area contributed by atoms with Gasteiger partial charge in [0.2, 0.25) is 5.91 Å². The Hall–Kier alpha value is -3.02. The Morgan fingerprint density at radius 2 is 1.93 bits per heavy atom. The SMILES string of the molecule is CCN(CC)c1ccc(NC(=O)CCc2ccc3oc(=O)[nH]c3c2)c(C)c1. The summed E-state index contributed by atoms with van der Waals surface area (Å²) in [5.74, 6) is -0.502. The smallest absolute Gasteiger partial charge is 0.408 e. The molecule has 0 spiro atoms. The number of hydrogen-bond donors (Lipinski definition) is 2. The first-order valence-electron chi connectivity index (χ1n) is 9.27. The molecule has 6 nitrogen and oxygen atoms in total. The second kappa shape index (κ2) is 8.12. The van der Waals surface area contributed by atoms with Gasteiger partial charge in [0.25, 0.3) is 0 Å². The van der Waals surface area contributed by atoms with Gasteiger partial charge in [-0.3, -0.25) is 9.78 Å². The molecule has 142 valence electrons. The van der Waals surface area contributed by atoms with E-state index in [1.54, 1.807) is 6.07 Å². The van der Waals surface area contributed by atoms with Crippen LogP contribution in [0.1, 0.15) is 31.4 Å². The summed E-state index contributed by atoms with van der Waals surface area (Å²) in [7, 11) is 0. The number of H-pyrrole nitrogens is 1. The molecule has 0 unspecified atom stereocenters. The lowest BCUT2D eigenvalue weighted by Crippen LogP contribution is -2.22. The molecule has 0 atom stereocenters. The average Bonchev–Trinajstić information content (AvgIpc) is 3.02. The minimum absolute atomic E-state index is 0.0329. The number of nitrogens with one attached hydrogen (secondary N) is 2.